The van der Waals surface area contributed by atoms with Crippen molar-refractivity contribution in [2.45, 2.75) is 18.9 Å². The Morgan fingerprint density at radius 1 is 1.24 bits per heavy atom. The van der Waals surface area contributed by atoms with Crippen LogP contribution in [0, 0.1) is 0 Å². The summed E-state index contributed by atoms with van der Waals surface area (Å²) in [6.45, 7) is 1.67. The number of pyridine rings is 1. The van der Waals surface area contributed by atoms with Crippen LogP contribution < -0.4 is 5.32 Å². The Morgan fingerprint density at radius 2 is 2.14 bits per heavy atom. The first-order chi connectivity index (χ1) is 9.90. The van der Waals surface area contributed by atoms with Gasteiger partial charge in [-0.25, -0.2) is 0 Å². The minimum atomic E-state index is 0. The Labute approximate surface area is 132 Å². The van der Waals surface area contributed by atoms with E-state index < -0.39 is 0 Å². The third kappa shape index (κ3) is 3.43. The van der Waals surface area contributed by atoms with Gasteiger partial charge >= 0.3 is 0 Å². The molecule has 3 rings (SSSR count). The normalized spacial score (nSPS) is 17.5. The van der Waals surface area contributed by atoms with Gasteiger partial charge in [0.1, 0.15) is 0 Å². The van der Waals surface area contributed by atoms with Gasteiger partial charge in [-0.2, -0.15) is 0 Å². The molecule has 0 radical (unpaired) electrons. The Hall–Kier alpha value is -1.42. The number of benzene rings is 1. The number of nitrogens with zero attached hydrogens (tertiary/aromatic N) is 1. The van der Waals surface area contributed by atoms with Gasteiger partial charge in [0.15, 0.2) is 0 Å². The van der Waals surface area contributed by atoms with Gasteiger partial charge in [-0.1, -0.05) is 24.3 Å². The molecule has 1 N–H and O–H groups in total. The molecule has 3 nitrogen and oxygen atoms in total. The van der Waals surface area contributed by atoms with E-state index in [2.05, 4.69) is 34.6 Å². The lowest BCUT2D eigenvalue weighted by atomic mass is 9.93. The van der Waals surface area contributed by atoms with E-state index in [1.807, 2.05) is 25.4 Å². The maximum Gasteiger partial charge on any atom is 0.0951 e. The minimum Gasteiger partial charge on any atom is -0.372 e. The van der Waals surface area contributed by atoms with Crippen LogP contribution in [0.25, 0.3) is 11.3 Å². The van der Waals surface area contributed by atoms with E-state index in [9.17, 15) is 0 Å². The molecule has 112 valence electrons. The molecule has 0 bridgehead atoms. The summed E-state index contributed by atoms with van der Waals surface area (Å²) < 4.78 is 5.98. The van der Waals surface area contributed by atoms with Crippen molar-refractivity contribution in [1.29, 1.82) is 0 Å². The number of hydrogen-bond donors (Lipinski definition) is 1. The van der Waals surface area contributed by atoms with Gasteiger partial charge in [0, 0.05) is 24.9 Å². The fraction of sp³-hybridized carbons (Fsp3) is 0.353. The standard InChI is InChI=1S/C17H20N2O.ClH/c1-18-12-17-15-7-4-6-14(13(15)8-5-11-20-17)16-9-2-3-10-19-16;/h2-4,6-7,9-10,17-18H,5,8,11-12H2,1H3;1H/t17-;/m0./s1. The summed E-state index contributed by atoms with van der Waals surface area (Å²) in [5.74, 6) is 0. The predicted molar refractivity (Wildman–Crippen MR) is 87.9 cm³/mol. The highest BCUT2D eigenvalue weighted by Gasteiger charge is 2.21. The van der Waals surface area contributed by atoms with E-state index >= 15 is 0 Å². The average Bonchev–Trinajstić information content (AvgIpc) is 2.71. The SMILES string of the molecule is CNC[C@@H]1OCCCc2c(-c3ccccn3)cccc21.Cl. The zero-order chi connectivity index (χ0) is 13.8. The smallest absolute Gasteiger partial charge is 0.0951 e. The Morgan fingerprint density at radius 3 is 2.90 bits per heavy atom. The van der Waals surface area contributed by atoms with Crippen LogP contribution in [-0.2, 0) is 11.2 Å². The van der Waals surface area contributed by atoms with Crippen molar-refractivity contribution in [3.8, 4) is 11.3 Å². The second-order valence-electron chi connectivity index (χ2n) is 5.11. The molecule has 0 unspecified atom stereocenters. The van der Waals surface area contributed by atoms with Crippen LogP contribution in [0.2, 0.25) is 0 Å². The molecule has 0 spiro atoms. The second-order valence-corrected chi connectivity index (χ2v) is 5.11. The zero-order valence-electron chi connectivity index (χ0n) is 12.2. The average molecular weight is 305 g/mol. The van der Waals surface area contributed by atoms with Gasteiger partial charge in [-0.05, 0) is 43.1 Å². The third-order valence-corrected chi connectivity index (χ3v) is 3.78. The van der Waals surface area contributed by atoms with Crippen LogP contribution in [0.1, 0.15) is 23.7 Å². The fourth-order valence-electron chi connectivity index (χ4n) is 2.87. The quantitative estimate of drug-likeness (QED) is 0.944. The number of ether oxygens (including phenoxy) is 1. The molecular weight excluding hydrogens is 284 g/mol. The van der Waals surface area contributed by atoms with Gasteiger partial charge in [0.2, 0.25) is 0 Å². The van der Waals surface area contributed by atoms with Crippen LogP contribution in [0.15, 0.2) is 42.6 Å². The highest BCUT2D eigenvalue weighted by atomic mass is 35.5. The van der Waals surface area contributed by atoms with E-state index in [1.165, 1.54) is 16.7 Å². The number of fused-ring (bicyclic) bond motifs is 1. The van der Waals surface area contributed by atoms with Gasteiger partial charge in [-0.3, -0.25) is 4.98 Å². The highest BCUT2D eigenvalue weighted by Crippen LogP contribution is 2.32. The molecule has 0 saturated heterocycles. The molecule has 21 heavy (non-hydrogen) atoms. The zero-order valence-corrected chi connectivity index (χ0v) is 13.0. The minimum absolute atomic E-state index is 0. The van der Waals surface area contributed by atoms with Crippen molar-refractivity contribution in [1.82, 2.24) is 10.3 Å². The number of hydrogen-bond acceptors (Lipinski definition) is 3. The third-order valence-electron chi connectivity index (χ3n) is 3.78. The molecule has 0 saturated carbocycles. The predicted octanol–water partition coefficient (Wildman–Crippen LogP) is 3.39. The maximum absolute atomic E-state index is 5.98. The molecule has 1 aromatic carbocycles. The Balaban J connectivity index is 0.00000161. The van der Waals surface area contributed by atoms with Gasteiger partial charge < -0.3 is 10.1 Å². The first-order valence-electron chi connectivity index (χ1n) is 7.19. The summed E-state index contributed by atoms with van der Waals surface area (Å²) in [5.41, 5.74) is 4.99. The lowest BCUT2D eigenvalue weighted by Crippen LogP contribution is -2.20. The van der Waals surface area contributed by atoms with Crippen LogP contribution >= 0.6 is 12.4 Å². The largest absolute Gasteiger partial charge is 0.372 e. The topological polar surface area (TPSA) is 34.1 Å². The summed E-state index contributed by atoms with van der Waals surface area (Å²) in [7, 11) is 1.97. The lowest BCUT2D eigenvalue weighted by Gasteiger charge is -2.19. The number of rotatable bonds is 3. The Bertz CT molecular complexity index is 574. The summed E-state index contributed by atoms with van der Waals surface area (Å²) >= 11 is 0. The first-order valence-corrected chi connectivity index (χ1v) is 7.19. The maximum atomic E-state index is 5.98. The monoisotopic (exact) mass is 304 g/mol. The highest BCUT2D eigenvalue weighted by molar-refractivity contribution is 5.85. The number of likely N-dealkylation sites (N-methyl/N-ethyl adjacent to an activating group) is 1. The molecular formula is C17H21ClN2O. The lowest BCUT2D eigenvalue weighted by molar-refractivity contribution is 0.0579. The summed E-state index contributed by atoms with van der Waals surface area (Å²) in [5, 5.41) is 3.22. The van der Waals surface area contributed by atoms with Gasteiger partial charge in [0.25, 0.3) is 0 Å². The van der Waals surface area contributed by atoms with Gasteiger partial charge in [0.05, 0.1) is 11.8 Å². The Kier molecular flexibility index (Phi) is 5.74. The molecule has 4 heteroatoms. The summed E-state index contributed by atoms with van der Waals surface area (Å²) in [6, 6.07) is 12.5. The molecule has 1 aliphatic rings. The van der Waals surface area contributed by atoms with Crippen LogP contribution in [0.4, 0.5) is 0 Å². The van der Waals surface area contributed by atoms with E-state index in [0.29, 0.717) is 0 Å². The molecule has 1 atom stereocenters. The van der Waals surface area contributed by atoms with E-state index in [4.69, 9.17) is 4.74 Å². The van der Waals surface area contributed by atoms with Crippen molar-refractivity contribution >= 4 is 12.4 Å². The van der Waals surface area contributed by atoms with Crippen LogP contribution in [0.5, 0.6) is 0 Å². The van der Waals surface area contributed by atoms with Crippen molar-refractivity contribution < 1.29 is 4.74 Å². The summed E-state index contributed by atoms with van der Waals surface area (Å²) in [4.78, 5) is 4.50. The molecule has 0 amide bonds. The molecule has 2 aromatic rings. The number of aromatic nitrogens is 1. The summed E-state index contributed by atoms with van der Waals surface area (Å²) in [6.07, 6.45) is 4.12. The van der Waals surface area contributed by atoms with Crippen molar-refractivity contribution in [2.75, 3.05) is 20.2 Å². The molecule has 2 heterocycles. The molecule has 1 aliphatic heterocycles. The van der Waals surface area contributed by atoms with Crippen molar-refractivity contribution in [3.63, 3.8) is 0 Å². The van der Waals surface area contributed by atoms with E-state index in [-0.39, 0.29) is 18.5 Å². The molecule has 1 aromatic heterocycles. The van der Waals surface area contributed by atoms with Crippen molar-refractivity contribution in [2.24, 2.45) is 0 Å². The number of nitrogens with one attached hydrogen (secondary N) is 1. The van der Waals surface area contributed by atoms with Gasteiger partial charge in [-0.15, -0.1) is 12.4 Å². The second kappa shape index (κ2) is 7.55. The van der Waals surface area contributed by atoms with Crippen LogP contribution in [0.3, 0.4) is 0 Å². The number of halogens is 1. The fourth-order valence-corrected chi connectivity index (χ4v) is 2.87. The van der Waals surface area contributed by atoms with Crippen LogP contribution in [-0.4, -0.2) is 25.2 Å². The van der Waals surface area contributed by atoms with E-state index in [0.717, 1.165) is 31.7 Å². The van der Waals surface area contributed by atoms with E-state index in [1.54, 1.807) is 0 Å². The first kappa shape index (κ1) is 16.0. The van der Waals surface area contributed by atoms with Crippen molar-refractivity contribution in [3.05, 3.63) is 53.7 Å². The molecule has 0 aliphatic carbocycles. The molecule has 0 fully saturated rings.